The maximum atomic E-state index is 12.9. The van der Waals surface area contributed by atoms with Crippen LogP contribution in [0.5, 0.6) is 5.75 Å². The number of piperidine rings is 1. The summed E-state index contributed by atoms with van der Waals surface area (Å²) in [4.78, 5) is 14.8. The van der Waals surface area contributed by atoms with Crippen molar-refractivity contribution in [1.29, 1.82) is 0 Å². The van der Waals surface area contributed by atoms with E-state index in [0.29, 0.717) is 11.6 Å². The number of carbonyl (C=O) groups is 1. The van der Waals surface area contributed by atoms with E-state index in [1.807, 2.05) is 35.2 Å². The van der Waals surface area contributed by atoms with Crippen LogP contribution in [0.15, 0.2) is 60.7 Å². The van der Waals surface area contributed by atoms with Crippen molar-refractivity contribution >= 4 is 5.91 Å². The zero-order chi connectivity index (χ0) is 19.3. The van der Waals surface area contributed by atoms with Crippen LogP contribution in [0.25, 0.3) is 11.3 Å². The third-order valence-corrected chi connectivity index (χ3v) is 5.44. The van der Waals surface area contributed by atoms with Crippen LogP contribution in [0.2, 0.25) is 0 Å². The van der Waals surface area contributed by atoms with Gasteiger partial charge in [-0.1, -0.05) is 42.5 Å². The molecule has 144 valence electrons. The maximum Gasteiger partial charge on any atom is 0.271 e. The normalized spacial score (nSPS) is 14.8. The number of carbonyl (C=O) groups excluding carboxylic acids is 1. The average molecular weight is 375 g/mol. The molecule has 1 aliphatic heterocycles. The van der Waals surface area contributed by atoms with Crippen LogP contribution < -0.4 is 4.74 Å². The highest BCUT2D eigenvalue weighted by molar-refractivity contribution is 5.93. The van der Waals surface area contributed by atoms with Crippen LogP contribution >= 0.6 is 0 Å². The molecule has 0 unspecified atom stereocenters. The summed E-state index contributed by atoms with van der Waals surface area (Å²) in [6.07, 6.45) is 3.17. The number of ether oxygens (including phenoxy) is 1. The number of likely N-dealkylation sites (tertiary alicyclic amines) is 1. The van der Waals surface area contributed by atoms with Crippen LogP contribution in [0.3, 0.4) is 0 Å². The number of hydrogen-bond acceptors (Lipinski definition) is 3. The Morgan fingerprint density at radius 3 is 2.64 bits per heavy atom. The Kier molecular flexibility index (Phi) is 5.42. The molecule has 1 amide bonds. The molecule has 5 nitrogen and oxygen atoms in total. The molecule has 28 heavy (non-hydrogen) atoms. The molecule has 0 saturated carbocycles. The SMILES string of the molecule is COc1cccc(-c2cc(C(=O)N3CCC(Cc4ccccc4)CC3)[nH]n2)c1. The fourth-order valence-corrected chi connectivity index (χ4v) is 3.82. The number of amides is 1. The third-order valence-electron chi connectivity index (χ3n) is 5.44. The van der Waals surface area contributed by atoms with Crippen molar-refractivity contribution in [2.75, 3.05) is 20.2 Å². The molecule has 2 heterocycles. The van der Waals surface area contributed by atoms with E-state index in [2.05, 4.69) is 40.5 Å². The quantitative estimate of drug-likeness (QED) is 0.728. The molecule has 3 aromatic rings. The molecule has 0 atom stereocenters. The van der Waals surface area contributed by atoms with E-state index in [0.717, 1.165) is 49.4 Å². The predicted molar refractivity (Wildman–Crippen MR) is 109 cm³/mol. The van der Waals surface area contributed by atoms with Gasteiger partial charge in [-0.3, -0.25) is 9.89 Å². The van der Waals surface area contributed by atoms with Crippen LogP contribution in [-0.2, 0) is 6.42 Å². The Labute approximate surface area is 165 Å². The van der Waals surface area contributed by atoms with Gasteiger partial charge < -0.3 is 9.64 Å². The Morgan fingerprint density at radius 2 is 1.89 bits per heavy atom. The monoisotopic (exact) mass is 375 g/mol. The highest BCUT2D eigenvalue weighted by Crippen LogP contribution is 2.25. The molecular weight excluding hydrogens is 350 g/mol. The van der Waals surface area contributed by atoms with E-state index in [-0.39, 0.29) is 5.91 Å². The summed E-state index contributed by atoms with van der Waals surface area (Å²) in [7, 11) is 1.64. The molecule has 1 saturated heterocycles. The summed E-state index contributed by atoms with van der Waals surface area (Å²) in [5.74, 6) is 1.44. The second-order valence-electron chi connectivity index (χ2n) is 7.32. The topological polar surface area (TPSA) is 58.2 Å². The molecule has 1 fully saturated rings. The van der Waals surface area contributed by atoms with Gasteiger partial charge in [-0.25, -0.2) is 0 Å². The zero-order valence-electron chi connectivity index (χ0n) is 16.1. The number of aromatic nitrogens is 2. The first-order valence-electron chi connectivity index (χ1n) is 9.76. The van der Waals surface area contributed by atoms with Crippen molar-refractivity contribution in [1.82, 2.24) is 15.1 Å². The lowest BCUT2D eigenvalue weighted by Crippen LogP contribution is -2.39. The zero-order valence-corrected chi connectivity index (χ0v) is 16.1. The van der Waals surface area contributed by atoms with E-state index >= 15 is 0 Å². The molecule has 0 bridgehead atoms. The lowest BCUT2D eigenvalue weighted by atomic mass is 9.90. The number of aromatic amines is 1. The molecule has 0 aliphatic carbocycles. The summed E-state index contributed by atoms with van der Waals surface area (Å²) in [5.41, 5.74) is 3.60. The van der Waals surface area contributed by atoms with Gasteiger partial charge in [0, 0.05) is 18.7 Å². The number of H-pyrrole nitrogens is 1. The average Bonchev–Trinajstić information content (AvgIpc) is 3.25. The molecule has 5 heteroatoms. The van der Waals surface area contributed by atoms with Crippen LogP contribution in [0.4, 0.5) is 0 Å². The van der Waals surface area contributed by atoms with E-state index in [9.17, 15) is 4.79 Å². The molecule has 0 spiro atoms. The van der Waals surface area contributed by atoms with Gasteiger partial charge in [0.05, 0.1) is 12.8 Å². The van der Waals surface area contributed by atoms with E-state index in [4.69, 9.17) is 4.74 Å². The number of hydrogen-bond donors (Lipinski definition) is 1. The van der Waals surface area contributed by atoms with Gasteiger partial charge >= 0.3 is 0 Å². The van der Waals surface area contributed by atoms with Gasteiger partial charge in [-0.15, -0.1) is 0 Å². The summed E-state index contributed by atoms with van der Waals surface area (Å²) in [5, 5.41) is 7.23. The first-order chi connectivity index (χ1) is 13.7. The first kappa shape index (κ1) is 18.3. The van der Waals surface area contributed by atoms with Gasteiger partial charge in [0.15, 0.2) is 0 Å². The van der Waals surface area contributed by atoms with Gasteiger partial charge in [0.1, 0.15) is 11.4 Å². The van der Waals surface area contributed by atoms with Crippen molar-refractivity contribution in [2.24, 2.45) is 5.92 Å². The predicted octanol–water partition coefficient (Wildman–Crippen LogP) is 4.18. The Morgan fingerprint density at radius 1 is 1.11 bits per heavy atom. The number of methoxy groups -OCH3 is 1. The summed E-state index contributed by atoms with van der Waals surface area (Å²) in [6, 6.07) is 20.1. The Hall–Kier alpha value is -3.08. The third kappa shape index (κ3) is 4.09. The maximum absolute atomic E-state index is 12.9. The largest absolute Gasteiger partial charge is 0.497 e. The standard InChI is InChI=1S/C23H25N3O2/c1-28-20-9-5-8-19(15-20)21-16-22(25-24-21)23(27)26-12-10-18(11-13-26)14-17-6-3-2-4-7-17/h2-9,15-16,18H,10-14H2,1H3,(H,24,25). The minimum atomic E-state index is 0.0276. The number of benzene rings is 2. The van der Waals surface area contributed by atoms with Gasteiger partial charge in [-0.2, -0.15) is 5.10 Å². The smallest absolute Gasteiger partial charge is 0.271 e. The summed E-state index contributed by atoms with van der Waals surface area (Å²) < 4.78 is 5.27. The van der Waals surface area contributed by atoms with Crippen molar-refractivity contribution in [3.63, 3.8) is 0 Å². The van der Waals surface area contributed by atoms with Crippen molar-refractivity contribution in [3.05, 3.63) is 71.9 Å². The highest BCUT2D eigenvalue weighted by Gasteiger charge is 2.25. The molecule has 1 aliphatic rings. The van der Waals surface area contributed by atoms with Gasteiger partial charge in [0.2, 0.25) is 0 Å². The summed E-state index contributed by atoms with van der Waals surface area (Å²) in [6.45, 7) is 1.59. The van der Waals surface area contributed by atoms with E-state index in [1.54, 1.807) is 7.11 Å². The number of nitrogens with zero attached hydrogens (tertiary/aromatic N) is 2. The second-order valence-corrected chi connectivity index (χ2v) is 7.32. The lowest BCUT2D eigenvalue weighted by Gasteiger charge is -2.31. The molecule has 4 rings (SSSR count). The van der Waals surface area contributed by atoms with Crippen molar-refractivity contribution in [3.8, 4) is 17.0 Å². The minimum Gasteiger partial charge on any atom is -0.497 e. The number of nitrogens with one attached hydrogen (secondary N) is 1. The molecular formula is C23H25N3O2. The number of rotatable bonds is 5. The Balaban J connectivity index is 1.37. The van der Waals surface area contributed by atoms with Gasteiger partial charge in [0.25, 0.3) is 5.91 Å². The van der Waals surface area contributed by atoms with Crippen LogP contribution in [0, 0.1) is 5.92 Å². The van der Waals surface area contributed by atoms with Crippen molar-refractivity contribution in [2.45, 2.75) is 19.3 Å². The van der Waals surface area contributed by atoms with Gasteiger partial charge in [-0.05, 0) is 48.9 Å². The van der Waals surface area contributed by atoms with Crippen LogP contribution in [0.1, 0.15) is 28.9 Å². The first-order valence-corrected chi connectivity index (χ1v) is 9.76. The van der Waals surface area contributed by atoms with Crippen LogP contribution in [-0.4, -0.2) is 41.2 Å². The molecule has 2 aromatic carbocycles. The lowest BCUT2D eigenvalue weighted by molar-refractivity contribution is 0.0684. The Bertz CT molecular complexity index is 928. The second kappa shape index (κ2) is 8.30. The minimum absolute atomic E-state index is 0.0276. The summed E-state index contributed by atoms with van der Waals surface area (Å²) >= 11 is 0. The van der Waals surface area contributed by atoms with Crippen molar-refractivity contribution < 1.29 is 9.53 Å². The van der Waals surface area contributed by atoms with E-state index in [1.165, 1.54) is 5.56 Å². The molecule has 0 radical (unpaired) electrons. The van der Waals surface area contributed by atoms with E-state index < -0.39 is 0 Å². The highest BCUT2D eigenvalue weighted by atomic mass is 16.5. The fraction of sp³-hybridized carbons (Fsp3) is 0.304. The molecule has 1 aromatic heterocycles. The molecule has 1 N–H and O–H groups in total. The fourth-order valence-electron chi connectivity index (χ4n) is 3.82.